The molecule has 8 heteroatoms. The summed E-state index contributed by atoms with van der Waals surface area (Å²) in [7, 11) is -1.35. The lowest BCUT2D eigenvalue weighted by atomic mass is 10.1. The smallest absolute Gasteiger partial charge is 0.254 e. The van der Waals surface area contributed by atoms with E-state index in [0.717, 1.165) is 5.69 Å². The number of para-hydroxylation sites is 2. The van der Waals surface area contributed by atoms with E-state index in [2.05, 4.69) is 10.4 Å². The van der Waals surface area contributed by atoms with E-state index in [1.165, 1.54) is 6.20 Å². The van der Waals surface area contributed by atoms with Crippen molar-refractivity contribution < 1.29 is 17.9 Å². The fourth-order valence-corrected chi connectivity index (χ4v) is 4.62. The number of hydrogen-bond acceptors (Lipinski definition) is 5. The second-order valence-electron chi connectivity index (χ2n) is 5.82. The van der Waals surface area contributed by atoms with Crippen molar-refractivity contribution in [3.05, 3.63) is 42.2 Å². The second-order valence-corrected chi connectivity index (χ2v) is 8.05. The molecule has 1 amide bonds. The Morgan fingerprint density at radius 3 is 2.92 bits per heavy atom. The molecule has 1 aromatic carbocycles. The van der Waals surface area contributed by atoms with Crippen LogP contribution in [0.5, 0.6) is 5.75 Å². The van der Waals surface area contributed by atoms with E-state index in [-0.39, 0.29) is 23.3 Å². The van der Waals surface area contributed by atoms with Gasteiger partial charge in [-0.05, 0) is 24.5 Å². The van der Waals surface area contributed by atoms with Gasteiger partial charge < -0.3 is 10.1 Å². The number of rotatable bonds is 5. The zero-order chi connectivity index (χ0) is 17.2. The Balaban J connectivity index is 1.66. The molecule has 0 saturated carbocycles. The Hall–Kier alpha value is -2.35. The molecule has 1 aliphatic heterocycles. The van der Waals surface area contributed by atoms with Crippen molar-refractivity contribution in [1.82, 2.24) is 15.1 Å². The summed E-state index contributed by atoms with van der Waals surface area (Å²) in [5.41, 5.74) is 1.16. The number of nitrogens with zero attached hydrogens (tertiary/aromatic N) is 2. The molecule has 1 N–H and O–H groups in total. The van der Waals surface area contributed by atoms with Crippen LogP contribution in [0.3, 0.4) is 0 Å². The van der Waals surface area contributed by atoms with E-state index in [1.807, 2.05) is 24.3 Å². The van der Waals surface area contributed by atoms with Crippen LogP contribution in [0.15, 0.2) is 36.7 Å². The van der Waals surface area contributed by atoms with E-state index in [1.54, 1.807) is 18.0 Å². The maximum atomic E-state index is 12.2. The number of carbonyl (C=O) groups excluding carboxylic acids is 1. The van der Waals surface area contributed by atoms with E-state index >= 15 is 0 Å². The zero-order valence-electron chi connectivity index (χ0n) is 13.3. The molecule has 7 nitrogen and oxygen atoms in total. The molecular weight excluding hydrogens is 330 g/mol. The van der Waals surface area contributed by atoms with Crippen molar-refractivity contribution >= 4 is 15.7 Å². The highest BCUT2D eigenvalue weighted by Gasteiger charge is 2.28. The molecule has 1 aromatic heterocycles. The average molecular weight is 349 g/mol. The number of sulfone groups is 1. The van der Waals surface area contributed by atoms with Crippen molar-refractivity contribution in [2.45, 2.75) is 6.42 Å². The fourth-order valence-electron chi connectivity index (χ4n) is 2.76. The number of hydrogen-bond donors (Lipinski definition) is 1. The summed E-state index contributed by atoms with van der Waals surface area (Å²) in [5.74, 6) is 0.736. The minimum absolute atomic E-state index is 0.0109. The molecule has 0 aliphatic carbocycles. The standard InChI is InChI=1S/C16H19N3O4S/c1-23-15-5-3-2-4-14(15)19-10-13(9-18-19)16(20)17-8-12-6-7-24(21,22)11-12/h2-5,9-10,12H,6-8,11H2,1H3,(H,17,20). The van der Waals surface area contributed by atoms with Gasteiger partial charge in [0.05, 0.1) is 30.4 Å². The van der Waals surface area contributed by atoms with Crippen molar-refractivity contribution in [2.24, 2.45) is 5.92 Å². The number of amides is 1. The molecule has 0 bridgehead atoms. The van der Waals surface area contributed by atoms with E-state index in [0.29, 0.717) is 24.3 Å². The van der Waals surface area contributed by atoms with Crippen LogP contribution in [-0.2, 0) is 9.84 Å². The van der Waals surface area contributed by atoms with Crippen LogP contribution in [0, 0.1) is 5.92 Å². The first-order chi connectivity index (χ1) is 11.5. The van der Waals surface area contributed by atoms with Gasteiger partial charge in [-0.3, -0.25) is 4.79 Å². The van der Waals surface area contributed by atoms with Crippen LogP contribution in [0.1, 0.15) is 16.8 Å². The molecule has 1 unspecified atom stereocenters. The van der Waals surface area contributed by atoms with Crippen molar-refractivity contribution in [3.8, 4) is 11.4 Å². The molecule has 0 spiro atoms. The number of aromatic nitrogens is 2. The molecule has 2 aromatic rings. The molecule has 1 saturated heterocycles. The highest BCUT2D eigenvalue weighted by molar-refractivity contribution is 7.91. The summed E-state index contributed by atoms with van der Waals surface area (Å²) in [5, 5.41) is 6.98. The van der Waals surface area contributed by atoms with Crippen LogP contribution in [-0.4, -0.2) is 49.3 Å². The van der Waals surface area contributed by atoms with Gasteiger partial charge in [0.15, 0.2) is 9.84 Å². The Bertz CT molecular complexity index is 845. The predicted octanol–water partition coefficient (Wildman–Crippen LogP) is 1.05. The lowest BCUT2D eigenvalue weighted by molar-refractivity contribution is 0.0948. The highest BCUT2D eigenvalue weighted by Crippen LogP contribution is 2.21. The normalized spacial score (nSPS) is 19.1. The SMILES string of the molecule is COc1ccccc1-n1cc(C(=O)NCC2CCS(=O)(=O)C2)cn1. The highest BCUT2D eigenvalue weighted by atomic mass is 32.2. The van der Waals surface area contributed by atoms with Gasteiger partial charge in [-0.2, -0.15) is 5.10 Å². The first-order valence-corrected chi connectivity index (χ1v) is 9.47. The van der Waals surface area contributed by atoms with Crippen LogP contribution in [0.4, 0.5) is 0 Å². The van der Waals surface area contributed by atoms with Gasteiger partial charge in [0.1, 0.15) is 11.4 Å². The van der Waals surface area contributed by atoms with Gasteiger partial charge in [0.2, 0.25) is 0 Å². The Morgan fingerprint density at radius 1 is 1.42 bits per heavy atom. The van der Waals surface area contributed by atoms with Crippen molar-refractivity contribution in [3.63, 3.8) is 0 Å². The molecule has 24 heavy (non-hydrogen) atoms. The van der Waals surface area contributed by atoms with Crippen molar-refractivity contribution in [2.75, 3.05) is 25.2 Å². The molecule has 3 rings (SSSR count). The number of nitrogens with one attached hydrogen (secondary N) is 1. The maximum absolute atomic E-state index is 12.2. The average Bonchev–Trinajstić information content (AvgIpc) is 3.19. The Morgan fingerprint density at radius 2 is 2.21 bits per heavy atom. The summed E-state index contributed by atoms with van der Waals surface area (Å²) in [4.78, 5) is 12.2. The quantitative estimate of drug-likeness (QED) is 0.871. The minimum Gasteiger partial charge on any atom is -0.494 e. The minimum atomic E-state index is -2.93. The molecule has 1 fully saturated rings. The van der Waals surface area contributed by atoms with E-state index in [9.17, 15) is 13.2 Å². The number of ether oxygens (including phenoxy) is 1. The monoisotopic (exact) mass is 349 g/mol. The lowest BCUT2D eigenvalue weighted by Gasteiger charge is -2.09. The van der Waals surface area contributed by atoms with Gasteiger partial charge in [0, 0.05) is 12.7 Å². The van der Waals surface area contributed by atoms with E-state index < -0.39 is 9.84 Å². The molecule has 1 atom stereocenters. The summed E-state index contributed by atoms with van der Waals surface area (Å²) < 4.78 is 29.7. The van der Waals surface area contributed by atoms with Crippen LogP contribution in [0.2, 0.25) is 0 Å². The van der Waals surface area contributed by atoms with Gasteiger partial charge >= 0.3 is 0 Å². The largest absolute Gasteiger partial charge is 0.494 e. The van der Waals surface area contributed by atoms with Crippen LogP contribution >= 0.6 is 0 Å². The third kappa shape index (κ3) is 3.59. The molecule has 2 heterocycles. The molecule has 1 aliphatic rings. The van der Waals surface area contributed by atoms with Gasteiger partial charge in [-0.1, -0.05) is 12.1 Å². The first-order valence-electron chi connectivity index (χ1n) is 7.65. The summed E-state index contributed by atoms with van der Waals surface area (Å²) >= 11 is 0. The lowest BCUT2D eigenvalue weighted by Crippen LogP contribution is -2.29. The first kappa shape index (κ1) is 16.5. The van der Waals surface area contributed by atoms with Crippen LogP contribution in [0.25, 0.3) is 5.69 Å². The van der Waals surface area contributed by atoms with Gasteiger partial charge in [-0.15, -0.1) is 0 Å². The Kier molecular flexibility index (Phi) is 4.57. The zero-order valence-corrected chi connectivity index (χ0v) is 14.1. The van der Waals surface area contributed by atoms with Gasteiger partial charge in [0.25, 0.3) is 5.91 Å². The summed E-state index contributed by atoms with van der Waals surface area (Å²) in [6.45, 7) is 0.359. The molecule has 128 valence electrons. The number of benzene rings is 1. The third-order valence-electron chi connectivity index (χ3n) is 4.05. The molecular formula is C16H19N3O4S. The summed E-state index contributed by atoms with van der Waals surface area (Å²) in [6.07, 6.45) is 3.70. The fraction of sp³-hybridized carbons (Fsp3) is 0.375. The van der Waals surface area contributed by atoms with Crippen LogP contribution < -0.4 is 10.1 Å². The van der Waals surface area contributed by atoms with E-state index in [4.69, 9.17) is 4.74 Å². The van der Waals surface area contributed by atoms with Gasteiger partial charge in [-0.25, -0.2) is 13.1 Å². The van der Waals surface area contributed by atoms with Crippen molar-refractivity contribution in [1.29, 1.82) is 0 Å². The summed E-state index contributed by atoms with van der Waals surface area (Å²) in [6, 6.07) is 7.38. The maximum Gasteiger partial charge on any atom is 0.254 e. The third-order valence-corrected chi connectivity index (χ3v) is 5.89. The number of methoxy groups -OCH3 is 1. The topological polar surface area (TPSA) is 90.3 Å². The molecule has 0 radical (unpaired) electrons. The Labute approximate surface area is 140 Å². The predicted molar refractivity (Wildman–Crippen MR) is 89.2 cm³/mol. The second kappa shape index (κ2) is 6.64. The number of carbonyl (C=O) groups is 1.